The standard InChI is InChI=1S/C11H19N3O/c15-11-13-10-9(6-3-7-12-10)14(11)8-4-1-2-5-8/h8-10,12H,1-7H2,(H,13,15). The molecule has 0 spiro atoms. The van der Waals surface area contributed by atoms with Crippen molar-refractivity contribution < 1.29 is 4.79 Å². The van der Waals surface area contributed by atoms with Crippen molar-refractivity contribution in [3.05, 3.63) is 0 Å². The summed E-state index contributed by atoms with van der Waals surface area (Å²) in [5, 5.41) is 6.45. The summed E-state index contributed by atoms with van der Waals surface area (Å²) < 4.78 is 0. The van der Waals surface area contributed by atoms with Crippen LogP contribution < -0.4 is 10.6 Å². The van der Waals surface area contributed by atoms with Gasteiger partial charge in [-0.05, 0) is 32.2 Å². The fourth-order valence-corrected chi connectivity index (χ4v) is 3.30. The summed E-state index contributed by atoms with van der Waals surface area (Å²) in [6.45, 7) is 1.04. The van der Waals surface area contributed by atoms with Crippen LogP contribution >= 0.6 is 0 Å². The van der Waals surface area contributed by atoms with Gasteiger partial charge in [0.1, 0.15) is 6.17 Å². The van der Waals surface area contributed by atoms with Gasteiger partial charge >= 0.3 is 6.03 Å². The maximum atomic E-state index is 11.9. The summed E-state index contributed by atoms with van der Waals surface area (Å²) in [5.41, 5.74) is 0. The van der Waals surface area contributed by atoms with Gasteiger partial charge in [0, 0.05) is 6.04 Å². The third-order valence-electron chi connectivity index (χ3n) is 4.01. The number of hydrogen-bond donors (Lipinski definition) is 2. The van der Waals surface area contributed by atoms with Crippen LogP contribution in [0.15, 0.2) is 0 Å². The van der Waals surface area contributed by atoms with Crippen LogP contribution in [-0.4, -0.2) is 35.7 Å². The number of carbonyl (C=O) groups excluding carboxylic acids is 1. The van der Waals surface area contributed by atoms with Crippen LogP contribution in [0.25, 0.3) is 0 Å². The molecule has 2 heterocycles. The summed E-state index contributed by atoms with van der Waals surface area (Å²) in [4.78, 5) is 14.0. The first kappa shape index (κ1) is 9.46. The van der Waals surface area contributed by atoms with Crippen LogP contribution in [0.4, 0.5) is 4.79 Å². The average Bonchev–Trinajstić information content (AvgIpc) is 2.82. The lowest BCUT2D eigenvalue weighted by Crippen LogP contribution is -2.51. The van der Waals surface area contributed by atoms with Crippen molar-refractivity contribution in [2.75, 3.05) is 6.54 Å². The molecule has 0 aromatic carbocycles. The van der Waals surface area contributed by atoms with Gasteiger partial charge in [-0.25, -0.2) is 4.79 Å². The van der Waals surface area contributed by atoms with E-state index in [2.05, 4.69) is 15.5 Å². The minimum absolute atomic E-state index is 0.159. The van der Waals surface area contributed by atoms with Gasteiger partial charge in [0.05, 0.1) is 6.04 Å². The molecule has 84 valence electrons. The van der Waals surface area contributed by atoms with E-state index in [9.17, 15) is 4.79 Å². The van der Waals surface area contributed by atoms with Gasteiger partial charge in [-0.15, -0.1) is 0 Å². The Kier molecular flexibility index (Phi) is 2.31. The Labute approximate surface area is 90.4 Å². The third kappa shape index (κ3) is 1.51. The summed E-state index contributed by atoms with van der Waals surface area (Å²) >= 11 is 0. The predicted octanol–water partition coefficient (Wildman–Crippen LogP) is 1.03. The maximum absolute atomic E-state index is 11.9. The monoisotopic (exact) mass is 209 g/mol. The Balaban J connectivity index is 1.77. The zero-order valence-electron chi connectivity index (χ0n) is 9.04. The highest BCUT2D eigenvalue weighted by Gasteiger charge is 2.44. The van der Waals surface area contributed by atoms with Crippen molar-refractivity contribution in [1.29, 1.82) is 0 Å². The molecule has 15 heavy (non-hydrogen) atoms. The molecule has 2 atom stereocenters. The first-order chi connectivity index (χ1) is 7.36. The quantitative estimate of drug-likeness (QED) is 0.677. The zero-order chi connectivity index (χ0) is 10.3. The van der Waals surface area contributed by atoms with Crippen LogP contribution in [0, 0.1) is 0 Å². The normalized spacial score (nSPS) is 36.8. The van der Waals surface area contributed by atoms with Crippen LogP contribution in [-0.2, 0) is 0 Å². The number of nitrogens with one attached hydrogen (secondary N) is 2. The number of nitrogens with zero attached hydrogens (tertiary/aromatic N) is 1. The molecule has 2 N–H and O–H groups in total. The van der Waals surface area contributed by atoms with Gasteiger partial charge in [0.15, 0.2) is 0 Å². The Morgan fingerprint density at radius 1 is 1.13 bits per heavy atom. The molecule has 4 nitrogen and oxygen atoms in total. The number of piperidine rings is 1. The van der Waals surface area contributed by atoms with E-state index in [0.717, 1.165) is 13.0 Å². The second-order valence-electron chi connectivity index (χ2n) is 4.94. The van der Waals surface area contributed by atoms with E-state index in [1.165, 1.54) is 32.1 Å². The van der Waals surface area contributed by atoms with E-state index in [0.29, 0.717) is 12.1 Å². The van der Waals surface area contributed by atoms with E-state index >= 15 is 0 Å². The Morgan fingerprint density at radius 2 is 1.93 bits per heavy atom. The second kappa shape index (κ2) is 3.67. The van der Waals surface area contributed by atoms with Crippen molar-refractivity contribution >= 4 is 6.03 Å². The van der Waals surface area contributed by atoms with Crippen LogP contribution in [0.3, 0.4) is 0 Å². The summed E-state index contributed by atoms with van der Waals surface area (Å²) in [6.07, 6.45) is 7.56. The third-order valence-corrected chi connectivity index (χ3v) is 4.01. The lowest BCUT2D eigenvalue weighted by atomic mass is 10.0. The van der Waals surface area contributed by atoms with Crippen LogP contribution in [0.1, 0.15) is 38.5 Å². The maximum Gasteiger partial charge on any atom is 0.319 e. The van der Waals surface area contributed by atoms with Crippen molar-refractivity contribution in [2.45, 2.75) is 56.8 Å². The van der Waals surface area contributed by atoms with E-state index in [1.807, 2.05) is 0 Å². The molecule has 3 fully saturated rings. The second-order valence-corrected chi connectivity index (χ2v) is 4.94. The Hall–Kier alpha value is -0.770. The predicted molar refractivity (Wildman–Crippen MR) is 57.4 cm³/mol. The number of rotatable bonds is 1. The molecule has 0 aromatic rings. The molecule has 1 saturated carbocycles. The van der Waals surface area contributed by atoms with Gasteiger partial charge in [0.2, 0.25) is 0 Å². The highest BCUT2D eigenvalue weighted by atomic mass is 16.2. The topological polar surface area (TPSA) is 44.4 Å². The van der Waals surface area contributed by atoms with Crippen molar-refractivity contribution in [3.63, 3.8) is 0 Å². The molecule has 2 aliphatic heterocycles. The molecule has 4 heteroatoms. The molecule has 1 aliphatic carbocycles. The lowest BCUT2D eigenvalue weighted by Gasteiger charge is -2.34. The minimum atomic E-state index is 0.159. The SMILES string of the molecule is O=C1NC2NCCCC2N1C1CCCC1. The average molecular weight is 209 g/mol. The highest BCUT2D eigenvalue weighted by Crippen LogP contribution is 2.30. The summed E-state index contributed by atoms with van der Waals surface area (Å²) in [7, 11) is 0. The molecular weight excluding hydrogens is 190 g/mol. The number of carbonyl (C=O) groups is 1. The highest BCUT2D eigenvalue weighted by molar-refractivity contribution is 5.78. The van der Waals surface area contributed by atoms with Crippen LogP contribution in [0.2, 0.25) is 0 Å². The molecular formula is C11H19N3O. The van der Waals surface area contributed by atoms with Crippen molar-refractivity contribution in [2.24, 2.45) is 0 Å². The largest absolute Gasteiger partial charge is 0.321 e. The molecule has 0 aromatic heterocycles. The Morgan fingerprint density at radius 3 is 2.73 bits per heavy atom. The van der Waals surface area contributed by atoms with Crippen LogP contribution in [0.5, 0.6) is 0 Å². The molecule has 0 radical (unpaired) electrons. The van der Waals surface area contributed by atoms with Crippen molar-refractivity contribution in [1.82, 2.24) is 15.5 Å². The van der Waals surface area contributed by atoms with Gasteiger partial charge in [-0.1, -0.05) is 12.8 Å². The smallest absolute Gasteiger partial charge is 0.319 e. The molecule has 2 amide bonds. The fraction of sp³-hybridized carbons (Fsp3) is 0.909. The summed E-state index contributed by atoms with van der Waals surface area (Å²) in [5.74, 6) is 0. The number of hydrogen-bond acceptors (Lipinski definition) is 2. The lowest BCUT2D eigenvalue weighted by molar-refractivity contribution is 0.154. The number of fused-ring (bicyclic) bond motifs is 1. The summed E-state index contributed by atoms with van der Waals surface area (Å²) in [6, 6.07) is 1.08. The molecule has 2 saturated heterocycles. The number of urea groups is 1. The van der Waals surface area contributed by atoms with E-state index in [4.69, 9.17) is 0 Å². The van der Waals surface area contributed by atoms with Gasteiger partial charge in [0.25, 0.3) is 0 Å². The molecule has 0 bridgehead atoms. The van der Waals surface area contributed by atoms with E-state index < -0.39 is 0 Å². The fourth-order valence-electron chi connectivity index (χ4n) is 3.30. The number of amides is 2. The molecule has 3 rings (SSSR count). The van der Waals surface area contributed by atoms with Crippen molar-refractivity contribution in [3.8, 4) is 0 Å². The minimum Gasteiger partial charge on any atom is -0.321 e. The van der Waals surface area contributed by atoms with Gasteiger partial charge < -0.3 is 10.2 Å². The molecule has 3 aliphatic rings. The zero-order valence-corrected chi connectivity index (χ0v) is 9.04. The van der Waals surface area contributed by atoms with Gasteiger partial charge in [-0.3, -0.25) is 5.32 Å². The first-order valence-corrected chi connectivity index (χ1v) is 6.18. The van der Waals surface area contributed by atoms with E-state index in [1.54, 1.807) is 0 Å². The Bertz CT molecular complexity index is 263. The van der Waals surface area contributed by atoms with Gasteiger partial charge in [-0.2, -0.15) is 0 Å². The first-order valence-electron chi connectivity index (χ1n) is 6.18. The van der Waals surface area contributed by atoms with E-state index in [-0.39, 0.29) is 12.2 Å². The molecule has 2 unspecified atom stereocenters.